The number of esters is 1. The van der Waals surface area contributed by atoms with E-state index in [1.165, 1.54) is 16.2 Å². The molecule has 0 aromatic carbocycles. The number of hydrogen-bond donors (Lipinski definition) is 2. The number of aliphatic hydroxyl groups excluding tert-OH is 1. The largest absolute Gasteiger partial charge is 0.465 e. The third-order valence-corrected chi connectivity index (χ3v) is 4.86. The van der Waals surface area contributed by atoms with E-state index in [1.54, 1.807) is 5.38 Å². The van der Waals surface area contributed by atoms with Crippen molar-refractivity contribution in [2.75, 3.05) is 6.61 Å². The highest BCUT2D eigenvalue weighted by molar-refractivity contribution is 7.10. The molecule has 0 spiro atoms. The number of thiophene rings is 1. The van der Waals surface area contributed by atoms with Gasteiger partial charge in [0.2, 0.25) is 5.91 Å². The van der Waals surface area contributed by atoms with E-state index in [2.05, 4.69) is 0 Å². The number of rotatable bonds is 8. The van der Waals surface area contributed by atoms with E-state index in [0.717, 1.165) is 5.56 Å². The third kappa shape index (κ3) is 3.93. The van der Waals surface area contributed by atoms with Gasteiger partial charge in [0.05, 0.1) is 18.8 Å². The SMILES string of the molecule is CC(C)COC(=O)CCC(C(N)=O)N1Cc2c(csc2CO)C1=O. The van der Waals surface area contributed by atoms with Crippen molar-refractivity contribution in [3.05, 3.63) is 21.4 Å². The average Bonchev–Trinajstić information content (AvgIpc) is 3.06. The summed E-state index contributed by atoms with van der Waals surface area (Å²) in [5.41, 5.74) is 6.66. The lowest BCUT2D eigenvalue weighted by atomic mass is 10.1. The Morgan fingerprint density at radius 3 is 2.75 bits per heavy atom. The van der Waals surface area contributed by atoms with E-state index in [-0.39, 0.29) is 37.8 Å². The fraction of sp³-hybridized carbons (Fsp3) is 0.562. The average molecular weight is 354 g/mol. The van der Waals surface area contributed by atoms with E-state index < -0.39 is 17.9 Å². The molecule has 1 aliphatic rings. The summed E-state index contributed by atoms with van der Waals surface area (Å²) in [5.74, 6) is -1.12. The minimum Gasteiger partial charge on any atom is -0.465 e. The monoisotopic (exact) mass is 354 g/mol. The van der Waals surface area contributed by atoms with E-state index in [1.807, 2.05) is 13.8 Å². The van der Waals surface area contributed by atoms with Crippen LogP contribution in [0.1, 0.15) is 47.5 Å². The molecule has 2 heterocycles. The van der Waals surface area contributed by atoms with Crippen molar-refractivity contribution in [2.45, 2.75) is 45.9 Å². The van der Waals surface area contributed by atoms with Gasteiger partial charge in [0, 0.05) is 28.8 Å². The first-order valence-corrected chi connectivity index (χ1v) is 8.69. The first kappa shape index (κ1) is 18.4. The molecular weight excluding hydrogens is 332 g/mol. The molecule has 24 heavy (non-hydrogen) atoms. The summed E-state index contributed by atoms with van der Waals surface area (Å²) in [6.07, 6.45) is 0.143. The van der Waals surface area contributed by atoms with Gasteiger partial charge in [-0.25, -0.2) is 0 Å². The molecule has 0 radical (unpaired) electrons. The Labute approximate surface area is 144 Å². The zero-order chi connectivity index (χ0) is 17.9. The number of primary amides is 1. The number of fused-ring (bicyclic) bond motifs is 1. The zero-order valence-corrected chi connectivity index (χ0v) is 14.6. The number of nitrogens with two attached hydrogens (primary N) is 1. The van der Waals surface area contributed by atoms with Crippen molar-refractivity contribution in [1.82, 2.24) is 4.90 Å². The molecule has 0 aliphatic carbocycles. The van der Waals surface area contributed by atoms with E-state index in [4.69, 9.17) is 10.5 Å². The van der Waals surface area contributed by atoms with Crippen LogP contribution in [0.3, 0.4) is 0 Å². The Bertz CT molecular complexity index is 640. The highest BCUT2D eigenvalue weighted by atomic mass is 32.1. The molecule has 0 saturated carbocycles. The van der Waals surface area contributed by atoms with Crippen molar-refractivity contribution < 1.29 is 24.2 Å². The molecule has 8 heteroatoms. The van der Waals surface area contributed by atoms with Gasteiger partial charge in [-0.05, 0) is 12.3 Å². The standard InChI is InChI=1S/C16H22N2O5S/c1-9(2)7-23-14(20)4-3-12(15(17)21)18-5-10-11(16(18)22)8-24-13(10)6-19/h8-9,12,19H,3-7H2,1-2H3,(H2,17,21). The van der Waals surface area contributed by atoms with Crippen LogP contribution in [-0.4, -0.2) is 40.4 Å². The molecular formula is C16H22N2O5S. The molecule has 1 atom stereocenters. The van der Waals surface area contributed by atoms with Crippen LogP contribution >= 0.6 is 11.3 Å². The van der Waals surface area contributed by atoms with Gasteiger partial charge in [-0.2, -0.15) is 0 Å². The van der Waals surface area contributed by atoms with Crippen LogP contribution in [0.15, 0.2) is 5.38 Å². The first-order valence-electron chi connectivity index (χ1n) is 7.81. The Morgan fingerprint density at radius 1 is 1.46 bits per heavy atom. The topological polar surface area (TPSA) is 110 Å². The van der Waals surface area contributed by atoms with Crippen molar-refractivity contribution >= 4 is 29.1 Å². The van der Waals surface area contributed by atoms with E-state index in [0.29, 0.717) is 17.0 Å². The van der Waals surface area contributed by atoms with Crippen LogP contribution in [0.5, 0.6) is 0 Å². The lowest BCUT2D eigenvalue weighted by Gasteiger charge is -2.25. The number of carbonyl (C=O) groups excluding carboxylic acids is 3. The second-order valence-electron chi connectivity index (χ2n) is 6.18. The van der Waals surface area contributed by atoms with Gasteiger partial charge in [0.15, 0.2) is 0 Å². The highest BCUT2D eigenvalue weighted by Gasteiger charge is 2.37. The number of nitrogens with zero attached hydrogens (tertiary/aromatic N) is 1. The summed E-state index contributed by atoms with van der Waals surface area (Å²) < 4.78 is 5.08. The lowest BCUT2D eigenvalue weighted by Crippen LogP contribution is -2.45. The zero-order valence-electron chi connectivity index (χ0n) is 13.8. The van der Waals surface area contributed by atoms with Crippen LogP contribution in [0, 0.1) is 5.92 Å². The second kappa shape index (κ2) is 7.76. The molecule has 1 aromatic rings. The maximum atomic E-state index is 12.5. The van der Waals surface area contributed by atoms with Gasteiger partial charge in [-0.1, -0.05) is 13.8 Å². The number of amides is 2. The highest BCUT2D eigenvalue weighted by Crippen LogP contribution is 2.33. The third-order valence-electron chi connectivity index (χ3n) is 3.85. The van der Waals surface area contributed by atoms with Gasteiger partial charge >= 0.3 is 5.97 Å². The summed E-state index contributed by atoms with van der Waals surface area (Å²) in [6, 6.07) is -0.868. The molecule has 2 rings (SSSR count). The maximum absolute atomic E-state index is 12.5. The lowest BCUT2D eigenvalue weighted by molar-refractivity contribution is -0.145. The summed E-state index contributed by atoms with van der Waals surface area (Å²) in [6.45, 7) is 4.25. The Kier molecular flexibility index (Phi) is 5.95. The molecule has 0 saturated heterocycles. The minimum absolute atomic E-state index is 0.0177. The second-order valence-corrected chi connectivity index (χ2v) is 7.14. The van der Waals surface area contributed by atoms with E-state index >= 15 is 0 Å². The molecule has 1 unspecified atom stereocenters. The maximum Gasteiger partial charge on any atom is 0.305 e. The fourth-order valence-electron chi connectivity index (χ4n) is 2.59. The van der Waals surface area contributed by atoms with Gasteiger partial charge in [0.1, 0.15) is 6.04 Å². The fourth-order valence-corrected chi connectivity index (χ4v) is 3.49. The molecule has 132 valence electrons. The smallest absolute Gasteiger partial charge is 0.305 e. The Hall–Kier alpha value is -1.93. The first-order chi connectivity index (χ1) is 11.3. The molecule has 1 aliphatic heterocycles. The molecule has 0 bridgehead atoms. The minimum atomic E-state index is -0.868. The molecule has 1 aromatic heterocycles. The van der Waals surface area contributed by atoms with Gasteiger partial charge in [-0.15, -0.1) is 11.3 Å². The molecule has 2 amide bonds. The van der Waals surface area contributed by atoms with Gasteiger partial charge in [0.25, 0.3) is 5.91 Å². The van der Waals surface area contributed by atoms with Gasteiger partial charge < -0.3 is 20.5 Å². The van der Waals surface area contributed by atoms with E-state index in [9.17, 15) is 19.5 Å². The van der Waals surface area contributed by atoms with Crippen LogP contribution in [0.25, 0.3) is 0 Å². The van der Waals surface area contributed by atoms with Crippen LogP contribution in [-0.2, 0) is 27.5 Å². The van der Waals surface area contributed by atoms with Crippen LogP contribution in [0.2, 0.25) is 0 Å². The number of aliphatic hydroxyl groups is 1. The predicted octanol–water partition coefficient (Wildman–Crippen LogP) is 1.03. The molecule has 3 N–H and O–H groups in total. The van der Waals surface area contributed by atoms with Crippen molar-refractivity contribution in [3.63, 3.8) is 0 Å². The summed E-state index contributed by atoms with van der Waals surface area (Å²) in [5, 5.41) is 11.0. The normalized spacial score (nSPS) is 14.8. The van der Waals surface area contributed by atoms with Crippen molar-refractivity contribution in [2.24, 2.45) is 11.7 Å². The molecule has 7 nitrogen and oxygen atoms in total. The van der Waals surface area contributed by atoms with Crippen LogP contribution in [0.4, 0.5) is 0 Å². The number of hydrogen-bond acceptors (Lipinski definition) is 6. The van der Waals surface area contributed by atoms with Crippen molar-refractivity contribution in [3.8, 4) is 0 Å². The Morgan fingerprint density at radius 2 is 2.17 bits per heavy atom. The summed E-state index contributed by atoms with van der Waals surface area (Å²) in [7, 11) is 0. The summed E-state index contributed by atoms with van der Waals surface area (Å²) >= 11 is 1.32. The summed E-state index contributed by atoms with van der Waals surface area (Å²) in [4.78, 5) is 38.0. The Balaban J connectivity index is 2.02. The van der Waals surface area contributed by atoms with Crippen LogP contribution < -0.4 is 5.73 Å². The molecule has 0 fully saturated rings. The van der Waals surface area contributed by atoms with Gasteiger partial charge in [-0.3, -0.25) is 14.4 Å². The number of carbonyl (C=O) groups is 3. The quantitative estimate of drug-likeness (QED) is 0.678. The predicted molar refractivity (Wildman–Crippen MR) is 88.1 cm³/mol. The number of ether oxygens (including phenoxy) is 1. The van der Waals surface area contributed by atoms with Crippen molar-refractivity contribution in [1.29, 1.82) is 0 Å².